The molecule has 1 aromatic heterocycles. The third-order valence-electron chi connectivity index (χ3n) is 3.01. The third-order valence-corrected chi connectivity index (χ3v) is 5.14. The van der Waals surface area contributed by atoms with Crippen LogP contribution in [0.4, 0.5) is 5.13 Å². The van der Waals surface area contributed by atoms with Crippen molar-refractivity contribution in [2.45, 2.75) is 46.2 Å². The monoisotopic (exact) mass is 333 g/mol. The highest BCUT2D eigenvalue weighted by atomic mass is 32.2. The number of nitrogens with zero attached hydrogens (tertiary/aromatic N) is 2. The first-order chi connectivity index (χ1) is 9.52. The van der Waals surface area contributed by atoms with Gasteiger partial charge in [-0.05, 0) is 27.2 Å². The van der Waals surface area contributed by atoms with Crippen LogP contribution in [0, 0.1) is 0 Å². The van der Waals surface area contributed by atoms with Crippen molar-refractivity contribution in [1.29, 1.82) is 0 Å². The minimum Gasteiger partial charge on any atom is -0.350 e. The molecule has 0 aromatic carbocycles. The Morgan fingerprint density at radius 3 is 2.43 bits per heavy atom. The minimum atomic E-state index is -2.94. The first-order valence-corrected chi connectivity index (χ1v) is 10.0. The Kier molecular flexibility index (Phi) is 6.19. The van der Waals surface area contributed by atoms with Crippen LogP contribution in [0.2, 0.25) is 0 Å². The highest BCUT2D eigenvalue weighted by Gasteiger charge is 2.16. The Bertz CT molecular complexity index is 559. The number of rotatable bonds is 7. The van der Waals surface area contributed by atoms with E-state index in [0.29, 0.717) is 6.54 Å². The molecule has 0 saturated carbocycles. The molecule has 0 saturated heterocycles. The molecule has 0 radical (unpaired) electrons. The maximum Gasteiger partial charge on any atom is 0.185 e. The number of hydrogen-bond acceptors (Lipinski definition) is 6. The maximum absolute atomic E-state index is 11.3. The minimum absolute atomic E-state index is 0.0668. The van der Waals surface area contributed by atoms with E-state index in [1.807, 2.05) is 11.9 Å². The maximum atomic E-state index is 11.3. The molecular weight excluding hydrogens is 306 g/mol. The van der Waals surface area contributed by atoms with Crippen LogP contribution in [0.1, 0.15) is 38.3 Å². The van der Waals surface area contributed by atoms with Crippen molar-refractivity contribution in [2.24, 2.45) is 0 Å². The van der Waals surface area contributed by atoms with E-state index in [0.717, 1.165) is 23.8 Å². The molecule has 122 valence electrons. The summed E-state index contributed by atoms with van der Waals surface area (Å²) in [5.41, 5.74) is 1.16. The molecular formula is C14H27N3O2S2. The van der Waals surface area contributed by atoms with Crippen molar-refractivity contribution in [2.75, 3.05) is 30.5 Å². The van der Waals surface area contributed by atoms with Crippen LogP contribution in [0.15, 0.2) is 0 Å². The number of sulfone groups is 1. The molecule has 0 atom stereocenters. The highest BCUT2D eigenvalue weighted by Crippen LogP contribution is 2.26. The fourth-order valence-corrected chi connectivity index (χ4v) is 3.37. The molecule has 0 amide bonds. The molecule has 1 heterocycles. The van der Waals surface area contributed by atoms with Crippen LogP contribution in [0.25, 0.3) is 0 Å². The third kappa shape index (κ3) is 6.76. The van der Waals surface area contributed by atoms with Gasteiger partial charge in [0.15, 0.2) is 5.13 Å². The van der Waals surface area contributed by atoms with Crippen molar-refractivity contribution in [3.05, 3.63) is 10.6 Å². The SMILES string of the molecule is CCc1nc(N(C)CCS(C)(=O)=O)sc1CNC(C)(C)C. The zero-order chi connectivity index (χ0) is 16.3. The lowest BCUT2D eigenvalue weighted by Gasteiger charge is -2.20. The first kappa shape index (κ1) is 18.4. The summed E-state index contributed by atoms with van der Waals surface area (Å²) in [7, 11) is -1.05. The fraction of sp³-hybridized carbons (Fsp3) is 0.786. The van der Waals surface area contributed by atoms with Gasteiger partial charge in [0.1, 0.15) is 9.84 Å². The summed E-state index contributed by atoms with van der Waals surface area (Å²) in [6.45, 7) is 9.78. The molecule has 5 nitrogen and oxygen atoms in total. The molecule has 1 N–H and O–H groups in total. The average Bonchev–Trinajstić information content (AvgIpc) is 2.75. The van der Waals surface area contributed by atoms with E-state index in [9.17, 15) is 8.42 Å². The largest absolute Gasteiger partial charge is 0.350 e. The lowest BCUT2D eigenvalue weighted by atomic mass is 10.1. The number of nitrogens with one attached hydrogen (secondary N) is 1. The van der Waals surface area contributed by atoms with Crippen LogP contribution in [-0.2, 0) is 22.8 Å². The van der Waals surface area contributed by atoms with Crippen LogP contribution >= 0.6 is 11.3 Å². The molecule has 0 unspecified atom stereocenters. The van der Waals surface area contributed by atoms with Crippen LogP contribution in [0.5, 0.6) is 0 Å². The molecule has 7 heteroatoms. The van der Waals surface area contributed by atoms with Gasteiger partial charge in [0.2, 0.25) is 0 Å². The normalized spacial score (nSPS) is 12.7. The summed E-state index contributed by atoms with van der Waals surface area (Å²) in [5, 5.41) is 4.37. The molecule has 0 spiro atoms. The van der Waals surface area contributed by atoms with Gasteiger partial charge in [0.05, 0.1) is 11.4 Å². The van der Waals surface area contributed by atoms with Crippen molar-refractivity contribution in [1.82, 2.24) is 10.3 Å². The van der Waals surface area contributed by atoms with Gasteiger partial charge in [-0.1, -0.05) is 6.92 Å². The number of aryl methyl sites for hydroxylation is 1. The second kappa shape index (κ2) is 7.07. The van der Waals surface area contributed by atoms with E-state index in [-0.39, 0.29) is 11.3 Å². The zero-order valence-electron chi connectivity index (χ0n) is 13.9. The highest BCUT2D eigenvalue weighted by molar-refractivity contribution is 7.90. The molecule has 0 bridgehead atoms. The summed E-state index contributed by atoms with van der Waals surface area (Å²) in [6, 6.07) is 0. The quantitative estimate of drug-likeness (QED) is 0.828. The van der Waals surface area contributed by atoms with Crippen molar-refractivity contribution < 1.29 is 8.42 Å². The number of anilines is 1. The molecule has 0 aliphatic rings. The molecule has 0 fully saturated rings. The number of thiazole rings is 1. The predicted molar refractivity (Wildman–Crippen MR) is 91.1 cm³/mol. The summed E-state index contributed by atoms with van der Waals surface area (Å²) in [4.78, 5) is 7.79. The molecule has 0 aliphatic carbocycles. The zero-order valence-corrected chi connectivity index (χ0v) is 15.5. The Hall–Kier alpha value is -0.660. The van der Waals surface area contributed by atoms with E-state index in [1.54, 1.807) is 11.3 Å². The van der Waals surface area contributed by atoms with E-state index in [1.165, 1.54) is 11.1 Å². The van der Waals surface area contributed by atoms with Gasteiger partial charge in [0.25, 0.3) is 0 Å². The van der Waals surface area contributed by atoms with Gasteiger partial charge in [-0.2, -0.15) is 0 Å². The van der Waals surface area contributed by atoms with Crippen LogP contribution in [-0.4, -0.2) is 44.5 Å². The Morgan fingerprint density at radius 2 is 1.95 bits per heavy atom. The number of hydrogen-bond donors (Lipinski definition) is 1. The van der Waals surface area contributed by atoms with Crippen LogP contribution < -0.4 is 10.2 Å². The molecule has 0 aliphatic heterocycles. The van der Waals surface area contributed by atoms with Gasteiger partial charge in [-0.3, -0.25) is 0 Å². The second-order valence-electron chi connectivity index (χ2n) is 6.37. The Morgan fingerprint density at radius 1 is 1.33 bits per heavy atom. The van der Waals surface area contributed by atoms with Crippen LogP contribution in [0.3, 0.4) is 0 Å². The topological polar surface area (TPSA) is 62.3 Å². The van der Waals surface area contributed by atoms with E-state index in [4.69, 9.17) is 0 Å². The second-order valence-corrected chi connectivity index (χ2v) is 9.70. The summed E-state index contributed by atoms with van der Waals surface area (Å²) in [6.07, 6.45) is 2.15. The van der Waals surface area contributed by atoms with Crippen molar-refractivity contribution in [3.63, 3.8) is 0 Å². The summed E-state index contributed by atoms with van der Waals surface area (Å²) < 4.78 is 22.5. The smallest absolute Gasteiger partial charge is 0.185 e. The van der Waals surface area contributed by atoms with Gasteiger partial charge in [-0.15, -0.1) is 11.3 Å². The standard InChI is InChI=1S/C14H27N3O2S2/c1-7-11-12(10-15-14(2,3)4)20-13(16-11)17(5)8-9-21(6,18)19/h15H,7-10H2,1-6H3. The van der Waals surface area contributed by atoms with Gasteiger partial charge in [0, 0.05) is 36.8 Å². The Balaban J connectivity index is 2.78. The lowest BCUT2D eigenvalue weighted by Crippen LogP contribution is -2.35. The molecule has 1 aromatic rings. The molecule has 21 heavy (non-hydrogen) atoms. The van der Waals surface area contributed by atoms with E-state index in [2.05, 4.69) is 38.0 Å². The lowest BCUT2D eigenvalue weighted by molar-refractivity contribution is 0.425. The van der Waals surface area contributed by atoms with Gasteiger partial charge in [-0.25, -0.2) is 13.4 Å². The van der Waals surface area contributed by atoms with E-state index < -0.39 is 9.84 Å². The summed E-state index contributed by atoms with van der Waals surface area (Å²) >= 11 is 1.64. The fourth-order valence-electron chi connectivity index (χ4n) is 1.69. The van der Waals surface area contributed by atoms with Gasteiger partial charge < -0.3 is 10.2 Å². The average molecular weight is 334 g/mol. The molecule has 1 rings (SSSR count). The first-order valence-electron chi connectivity index (χ1n) is 7.14. The summed E-state index contributed by atoms with van der Waals surface area (Å²) in [5.74, 6) is 0.153. The predicted octanol–water partition coefficient (Wildman–Crippen LogP) is 2.07. The Labute approximate surface area is 132 Å². The number of aromatic nitrogens is 1. The van der Waals surface area contributed by atoms with E-state index >= 15 is 0 Å². The van der Waals surface area contributed by atoms with Crippen molar-refractivity contribution in [3.8, 4) is 0 Å². The van der Waals surface area contributed by atoms with Gasteiger partial charge >= 0.3 is 0 Å². The van der Waals surface area contributed by atoms with Crippen molar-refractivity contribution >= 4 is 26.3 Å².